The van der Waals surface area contributed by atoms with Crippen molar-refractivity contribution in [2.45, 2.75) is 26.2 Å². The van der Waals surface area contributed by atoms with Crippen molar-refractivity contribution in [3.63, 3.8) is 0 Å². The van der Waals surface area contributed by atoms with Gasteiger partial charge < -0.3 is 5.32 Å². The molecule has 134 valence electrons. The van der Waals surface area contributed by atoms with Gasteiger partial charge in [-0.3, -0.25) is 9.78 Å². The average Bonchev–Trinajstić information content (AvgIpc) is 2.83. The maximum atomic E-state index is 12.5. The molecule has 1 heterocycles. The Kier molecular flexibility index (Phi) is 4.84. The van der Waals surface area contributed by atoms with Crippen molar-refractivity contribution < 1.29 is 4.79 Å². The maximum absolute atomic E-state index is 12.5. The summed E-state index contributed by atoms with van der Waals surface area (Å²) >= 11 is 0. The molecule has 0 atom stereocenters. The monoisotopic (exact) mass is 354 g/mol. The molecular formula is C24H22N2O. The number of rotatable bonds is 3. The van der Waals surface area contributed by atoms with Crippen molar-refractivity contribution >= 4 is 17.2 Å². The first-order valence-electron chi connectivity index (χ1n) is 9.29. The van der Waals surface area contributed by atoms with Crippen LogP contribution in [0, 0.1) is 6.92 Å². The second kappa shape index (κ2) is 7.58. The molecule has 27 heavy (non-hydrogen) atoms. The van der Waals surface area contributed by atoms with E-state index in [1.165, 1.54) is 22.3 Å². The third-order valence-corrected chi connectivity index (χ3v) is 4.93. The predicted molar refractivity (Wildman–Crippen MR) is 110 cm³/mol. The zero-order valence-corrected chi connectivity index (χ0v) is 15.4. The van der Waals surface area contributed by atoms with Gasteiger partial charge >= 0.3 is 0 Å². The van der Waals surface area contributed by atoms with Crippen LogP contribution in [0.25, 0.3) is 5.57 Å². The summed E-state index contributed by atoms with van der Waals surface area (Å²) in [5, 5.41) is 2.94. The molecule has 0 radical (unpaired) electrons. The molecule has 1 aliphatic carbocycles. The minimum Gasteiger partial charge on any atom is -0.324 e. The Hall–Kier alpha value is -3.20. The van der Waals surface area contributed by atoms with Crippen LogP contribution >= 0.6 is 0 Å². The first-order chi connectivity index (χ1) is 13.2. The molecule has 3 aromatic rings. The summed E-state index contributed by atoms with van der Waals surface area (Å²) in [4.78, 5) is 16.6. The number of pyridine rings is 1. The van der Waals surface area contributed by atoms with Crippen LogP contribution < -0.4 is 5.32 Å². The van der Waals surface area contributed by atoms with Gasteiger partial charge in [0.25, 0.3) is 0 Å². The molecular weight excluding hydrogens is 332 g/mol. The number of aromatic nitrogens is 1. The van der Waals surface area contributed by atoms with Gasteiger partial charge in [-0.25, -0.2) is 0 Å². The highest BCUT2D eigenvalue weighted by atomic mass is 16.1. The largest absolute Gasteiger partial charge is 0.324 e. The van der Waals surface area contributed by atoms with Crippen molar-refractivity contribution in [1.29, 1.82) is 0 Å². The van der Waals surface area contributed by atoms with Crippen molar-refractivity contribution in [3.8, 4) is 0 Å². The molecule has 4 rings (SSSR count). The van der Waals surface area contributed by atoms with E-state index in [-0.39, 0.29) is 5.91 Å². The van der Waals surface area contributed by atoms with E-state index in [0.717, 1.165) is 29.7 Å². The van der Waals surface area contributed by atoms with Gasteiger partial charge in [-0.1, -0.05) is 54.6 Å². The Bertz CT molecular complexity index is 971. The first kappa shape index (κ1) is 17.2. The Morgan fingerprint density at radius 1 is 1.00 bits per heavy atom. The number of carbonyl (C=O) groups is 1. The number of anilines is 1. The van der Waals surface area contributed by atoms with Gasteiger partial charge in [-0.15, -0.1) is 0 Å². The first-order valence-corrected chi connectivity index (χ1v) is 9.29. The topological polar surface area (TPSA) is 42.0 Å². The maximum Gasteiger partial charge on any atom is 0.228 e. The van der Waals surface area contributed by atoms with Crippen molar-refractivity contribution in [2.75, 3.05) is 5.32 Å². The van der Waals surface area contributed by atoms with E-state index in [0.29, 0.717) is 6.42 Å². The quantitative estimate of drug-likeness (QED) is 0.723. The summed E-state index contributed by atoms with van der Waals surface area (Å²) in [5.74, 6) is -0.0332. The van der Waals surface area contributed by atoms with Gasteiger partial charge in [0, 0.05) is 12.6 Å². The van der Waals surface area contributed by atoms with Gasteiger partial charge in [-0.05, 0) is 59.2 Å². The molecule has 0 saturated carbocycles. The molecule has 0 spiro atoms. The zero-order chi connectivity index (χ0) is 18.6. The minimum atomic E-state index is -0.0332. The lowest BCUT2D eigenvalue weighted by Gasteiger charge is -2.12. The number of hydrogen-bond donors (Lipinski definition) is 1. The zero-order valence-electron chi connectivity index (χ0n) is 15.4. The molecule has 0 saturated heterocycles. The average molecular weight is 354 g/mol. The number of carbonyl (C=O) groups excluding carboxylic acids is 1. The van der Waals surface area contributed by atoms with E-state index in [1.807, 2.05) is 13.0 Å². The second-order valence-corrected chi connectivity index (χ2v) is 6.94. The number of fused-ring (bicyclic) bond motifs is 2. The highest BCUT2D eigenvalue weighted by molar-refractivity contribution is 5.94. The van der Waals surface area contributed by atoms with Gasteiger partial charge in [0.15, 0.2) is 0 Å². The van der Waals surface area contributed by atoms with Crippen LogP contribution in [0.3, 0.4) is 0 Å². The summed E-state index contributed by atoms with van der Waals surface area (Å²) in [6, 6.07) is 18.9. The van der Waals surface area contributed by atoms with Crippen LogP contribution in [0.1, 0.15) is 34.2 Å². The van der Waals surface area contributed by atoms with Crippen molar-refractivity contribution in [3.05, 3.63) is 101 Å². The Labute approximate surface area is 159 Å². The van der Waals surface area contributed by atoms with Crippen LogP contribution in [-0.4, -0.2) is 10.9 Å². The van der Waals surface area contributed by atoms with Crippen molar-refractivity contribution in [2.24, 2.45) is 0 Å². The number of aryl methyl sites for hydroxylation is 3. The molecule has 2 aromatic carbocycles. The molecule has 0 unspecified atom stereocenters. The summed E-state index contributed by atoms with van der Waals surface area (Å²) < 4.78 is 0. The molecule has 0 fully saturated rings. The fraction of sp³-hybridized carbons (Fsp3) is 0.167. The number of hydrogen-bond acceptors (Lipinski definition) is 2. The Morgan fingerprint density at radius 3 is 2.26 bits per heavy atom. The molecule has 0 aliphatic heterocycles. The van der Waals surface area contributed by atoms with Crippen LogP contribution in [0.15, 0.2) is 73.1 Å². The molecule has 1 amide bonds. The highest BCUT2D eigenvalue weighted by Gasteiger charge is 2.17. The predicted octanol–water partition coefficient (Wildman–Crippen LogP) is 4.95. The highest BCUT2D eigenvalue weighted by Crippen LogP contribution is 2.33. The van der Waals surface area contributed by atoms with Crippen LogP contribution in [0.4, 0.5) is 5.69 Å². The Morgan fingerprint density at radius 2 is 1.63 bits per heavy atom. The number of benzene rings is 2. The van der Waals surface area contributed by atoms with E-state index in [9.17, 15) is 4.79 Å². The SMILES string of the molecule is Cc1cncc(NC(=O)CC=C2c3ccccc3CCc3ccccc32)c1. The minimum absolute atomic E-state index is 0.0332. The smallest absolute Gasteiger partial charge is 0.228 e. The fourth-order valence-electron chi connectivity index (χ4n) is 3.67. The van der Waals surface area contributed by atoms with Gasteiger partial charge in [-0.2, -0.15) is 0 Å². The van der Waals surface area contributed by atoms with E-state index in [2.05, 4.69) is 64.9 Å². The summed E-state index contributed by atoms with van der Waals surface area (Å²) in [7, 11) is 0. The van der Waals surface area contributed by atoms with E-state index in [1.54, 1.807) is 12.4 Å². The number of nitrogens with one attached hydrogen (secondary N) is 1. The standard InChI is InChI=1S/C24H22N2O/c1-17-14-20(16-25-15-17)26-24(27)13-12-23-21-8-4-2-6-18(21)10-11-19-7-3-5-9-22(19)23/h2-9,12,14-16H,10-11,13H2,1H3,(H,26,27). The molecule has 0 bridgehead atoms. The third kappa shape index (κ3) is 3.82. The molecule has 1 N–H and O–H groups in total. The molecule has 3 heteroatoms. The molecule has 1 aliphatic rings. The van der Waals surface area contributed by atoms with E-state index < -0.39 is 0 Å². The van der Waals surface area contributed by atoms with E-state index in [4.69, 9.17) is 0 Å². The summed E-state index contributed by atoms with van der Waals surface area (Å²) in [5.41, 5.74) is 8.04. The Balaban J connectivity index is 1.64. The van der Waals surface area contributed by atoms with Crippen LogP contribution in [0.2, 0.25) is 0 Å². The number of amides is 1. The lowest BCUT2D eigenvalue weighted by Crippen LogP contribution is -2.10. The lowest BCUT2D eigenvalue weighted by atomic mass is 9.93. The fourth-order valence-corrected chi connectivity index (χ4v) is 3.67. The third-order valence-electron chi connectivity index (χ3n) is 4.93. The van der Waals surface area contributed by atoms with Crippen molar-refractivity contribution in [1.82, 2.24) is 4.98 Å². The number of nitrogens with zero attached hydrogens (tertiary/aromatic N) is 1. The lowest BCUT2D eigenvalue weighted by molar-refractivity contribution is -0.115. The normalized spacial score (nSPS) is 12.6. The summed E-state index contributed by atoms with van der Waals surface area (Å²) in [6.45, 7) is 1.96. The van der Waals surface area contributed by atoms with E-state index >= 15 is 0 Å². The molecule has 1 aromatic heterocycles. The van der Waals surface area contributed by atoms with Gasteiger partial charge in [0.2, 0.25) is 5.91 Å². The van der Waals surface area contributed by atoms with Gasteiger partial charge in [0.05, 0.1) is 11.9 Å². The second-order valence-electron chi connectivity index (χ2n) is 6.94. The van der Waals surface area contributed by atoms with Crippen LogP contribution in [0.5, 0.6) is 0 Å². The molecule has 3 nitrogen and oxygen atoms in total. The summed E-state index contributed by atoms with van der Waals surface area (Å²) in [6.07, 6.45) is 7.87. The van der Waals surface area contributed by atoms with Gasteiger partial charge in [0.1, 0.15) is 0 Å². The van der Waals surface area contributed by atoms with Crippen LogP contribution in [-0.2, 0) is 17.6 Å².